The van der Waals surface area contributed by atoms with Gasteiger partial charge in [-0.3, -0.25) is 4.72 Å². The van der Waals surface area contributed by atoms with Crippen molar-refractivity contribution in [1.82, 2.24) is 4.98 Å². The second kappa shape index (κ2) is 9.15. The molecular formula is C21H21N3O6S2. The van der Waals surface area contributed by atoms with Gasteiger partial charge in [-0.05, 0) is 42.0 Å². The smallest absolute Gasteiger partial charge is 0.328 e. The van der Waals surface area contributed by atoms with Crippen molar-refractivity contribution < 1.29 is 27.8 Å². The van der Waals surface area contributed by atoms with Crippen molar-refractivity contribution in [3.05, 3.63) is 48.0 Å². The number of ether oxygens (including phenoxy) is 2. The molecule has 0 unspecified atom stereocenters. The molecule has 0 aliphatic carbocycles. The fourth-order valence-electron chi connectivity index (χ4n) is 3.25. The fourth-order valence-corrected chi connectivity index (χ4v) is 5.56. The van der Waals surface area contributed by atoms with E-state index in [1.54, 1.807) is 24.3 Å². The van der Waals surface area contributed by atoms with Crippen LogP contribution in [0.4, 0.5) is 10.8 Å². The molecule has 2 N–H and O–H groups in total. The minimum absolute atomic E-state index is 0.0917. The van der Waals surface area contributed by atoms with E-state index in [4.69, 9.17) is 14.6 Å². The lowest BCUT2D eigenvalue weighted by Crippen LogP contribution is -2.36. The molecule has 1 fully saturated rings. The monoisotopic (exact) mass is 475 g/mol. The minimum Gasteiger partial charge on any atom is -0.495 e. The van der Waals surface area contributed by atoms with Crippen LogP contribution in [0, 0.1) is 0 Å². The Hall–Kier alpha value is -3.15. The van der Waals surface area contributed by atoms with Crippen LogP contribution in [0.25, 0.3) is 16.3 Å². The number of nitrogens with zero attached hydrogens (tertiary/aromatic N) is 2. The number of aromatic nitrogens is 1. The molecule has 2 aromatic carbocycles. The number of fused-ring (bicyclic) bond motifs is 1. The number of hydrogen-bond acceptors (Lipinski definition) is 8. The summed E-state index contributed by atoms with van der Waals surface area (Å²) in [5.74, 6) is -0.976. The number of sulfonamides is 1. The van der Waals surface area contributed by atoms with Crippen LogP contribution in [-0.2, 0) is 19.6 Å². The molecule has 1 saturated heterocycles. The van der Waals surface area contributed by atoms with Gasteiger partial charge in [0, 0.05) is 19.2 Å². The van der Waals surface area contributed by atoms with Gasteiger partial charge in [0.2, 0.25) is 0 Å². The molecule has 0 atom stereocenters. The third-order valence-electron chi connectivity index (χ3n) is 4.81. The number of anilines is 2. The van der Waals surface area contributed by atoms with Gasteiger partial charge in [0.05, 0.1) is 36.2 Å². The molecule has 0 radical (unpaired) electrons. The highest BCUT2D eigenvalue weighted by Gasteiger charge is 2.21. The highest BCUT2D eigenvalue weighted by molar-refractivity contribution is 7.92. The first-order chi connectivity index (χ1) is 15.4. The predicted octanol–water partition coefficient (Wildman–Crippen LogP) is 3.04. The van der Waals surface area contributed by atoms with Gasteiger partial charge >= 0.3 is 5.97 Å². The van der Waals surface area contributed by atoms with Crippen molar-refractivity contribution in [3.63, 3.8) is 0 Å². The van der Waals surface area contributed by atoms with Crippen molar-refractivity contribution in [1.29, 1.82) is 0 Å². The third-order valence-corrected chi connectivity index (χ3v) is 7.29. The summed E-state index contributed by atoms with van der Waals surface area (Å²) < 4.78 is 40.2. The Bertz CT molecular complexity index is 1280. The number of carboxylic acid groups (broad SMARTS) is 1. The summed E-state index contributed by atoms with van der Waals surface area (Å²) in [5, 5.41) is 9.69. The van der Waals surface area contributed by atoms with Crippen molar-refractivity contribution in [3.8, 4) is 5.75 Å². The van der Waals surface area contributed by atoms with E-state index >= 15 is 0 Å². The Labute approximate surface area is 189 Å². The Kier molecular flexibility index (Phi) is 6.31. The fraction of sp³-hybridized carbons (Fsp3) is 0.238. The first-order valence-corrected chi connectivity index (χ1v) is 12.0. The number of methoxy groups -OCH3 is 1. The van der Waals surface area contributed by atoms with E-state index in [1.807, 2.05) is 0 Å². The highest BCUT2D eigenvalue weighted by Crippen LogP contribution is 2.33. The number of hydrogen-bond donors (Lipinski definition) is 2. The van der Waals surface area contributed by atoms with Gasteiger partial charge in [0.25, 0.3) is 10.0 Å². The molecule has 168 valence electrons. The van der Waals surface area contributed by atoms with Crippen LogP contribution in [0.1, 0.15) is 5.56 Å². The second-order valence-electron chi connectivity index (χ2n) is 6.97. The number of aliphatic carboxylic acids is 1. The summed E-state index contributed by atoms with van der Waals surface area (Å²) in [6, 6.07) is 9.60. The Morgan fingerprint density at radius 3 is 2.75 bits per heavy atom. The number of thiazole rings is 1. The number of carbonyl (C=O) groups is 1. The van der Waals surface area contributed by atoms with Crippen LogP contribution in [0.15, 0.2) is 47.4 Å². The average Bonchev–Trinajstić information content (AvgIpc) is 3.21. The Balaban J connectivity index is 1.62. The van der Waals surface area contributed by atoms with E-state index in [9.17, 15) is 13.2 Å². The summed E-state index contributed by atoms with van der Waals surface area (Å²) in [6.45, 7) is 2.85. The van der Waals surface area contributed by atoms with Gasteiger partial charge in [0.1, 0.15) is 10.6 Å². The van der Waals surface area contributed by atoms with Crippen molar-refractivity contribution >= 4 is 54.4 Å². The SMILES string of the molecule is COc1ccc(/C=C/C(=O)O)cc1S(=O)(=O)Nc1ccc2nc(N3CCOCC3)sc2c1. The molecule has 0 amide bonds. The van der Waals surface area contributed by atoms with Gasteiger partial charge in [-0.15, -0.1) is 0 Å². The molecule has 1 aliphatic rings. The maximum Gasteiger partial charge on any atom is 0.328 e. The molecule has 0 bridgehead atoms. The number of nitrogens with one attached hydrogen (secondary N) is 1. The molecule has 9 nitrogen and oxygen atoms in total. The van der Waals surface area contributed by atoms with Gasteiger partial charge < -0.3 is 19.5 Å². The molecule has 2 heterocycles. The Morgan fingerprint density at radius 1 is 1.25 bits per heavy atom. The quantitative estimate of drug-likeness (QED) is 0.501. The van der Waals surface area contributed by atoms with Crippen molar-refractivity contribution in [2.75, 3.05) is 43.0 Å². The molecule has 32 heavy (non-hydrogen) atoms. The van der Waals surface area contributed by atoms with Crippen molar-refractivity contribution in [2.24, 2.45) is 0 Å². The summed E-state index contributed by atoms with van der Waals surface area (Å²) >= 11 is 1.49. The van der Waals surface area contributed by atoms with Crippen LogP contribution < -0.4 is 14.4 Å². The Morgan fingerprint density at radius 2 is 2.03 bits per heavy atom. The van der Waals surface area contributed by atoms with Crippen LogP contribution in [-0.4, -0.2) is 57.9 Å². The van der Waals surface area contributed by atoms with Crippen LogP contribution in [0.5, 0.6) is 5.75 Å². The summed E-state index contributed by atoms with van der Waals surface area (Å²) in [4.78, 5) is 17.5. The number of morpholine rings is 1. The summed E-state index contributed by atoms with van der Waals surface area (Å²) in [6.07, 6.45) is 2.26. The molecule has 0 spiro atoms. The standard InChI is InChI=1S/C21H21N3O6S2/c1-29-17-6-2-14(3-7-20(25)26)12-19(17)32(27,28)23-15-4-5-16-18(13-15)31-21(22-16)24-8-10-30-11-9-24/h2-7,12-13,23H,8-11H2,1H3,(H,25,26)/b7-3+. The third kappa shape index (κ3) is 4.85. The average molecular weight is 476 g/mol. The van der Waals surface area contributed by atoms with Gasteiger partial charge in [-0.2, -0.15) is 0 Å². The first-order valence-electron chi connectivity index (χ1n) is 9.71. The molecule has 1 aromatic heterocycles. The minimum atomic E-state index is -4.00. The van der Waals surface area contributed by atoms with Crippen LogP contribution >= 0.6 is 11.3 Å². The highest BCUT2D eigenvalue weighted by atomic mass is 32.2. The molecule has 3 aromatic rings. The lowest BCUT2D eigenvalue weighted by molar-refractivity contribution is -0.131. The zero-order valence-corrected chi connectivity index (χ0v) is 18.8. The molecular weight excluding hydrogens is 454 g/mol. The van der Waals surface area contributed by atoms with E-state index in [0.717, 1.165) is 34.5 Å². The van der Waals surface area contributed by atoms with E-state index in [2.05, 4.69) is 14.6 Å². The lowest BCUT2D eigenvalue weighted by atomic mass is 10.2. The molecule has 1 aliphatic heterocycles. The topological polar surface area (TPSA) is 118 Å². The number of rotatable bonds is 7. The summed E-state index contributed by atoms with van der Waals surface area (Å²) in [5.41, 5.74) is 1.60. The van der Waals surface area contributed by atoms with E-state index < -0.39 is 16.0 Å². The maximum atomic E-state index is 13.1. The summed E-state index contributed by atoms with van der Waals surface area (Å²) in [7, 11) is -2.63. The van der Waals surface area contributed by atoms with E-state index in [0.29, 0.717) is 24.5 Å². The van der Waals surface area contributed by atoms with Crippen LogP contribution in [0.2, 0.25) is 0 Å². The molecule has 11 heteroatoms. The molecule has 0 saturated carbocycles. The number of carboxylic acids is 1. The van der Waals surface area contributed by atoms with E-state index in [1.165, 1.54) is 36.7 Å². The van der Waals surface area contributed by atoms with Gasteiger partial charge in [-0.25, -0.2) is 18.2 Å². The maximum absolute atomic E-state index is 13.1. The molecule has 4 rings (SSSR count). The van der Waals surface area contributed by atoms with Gasteiger partial charge in [-0.1, -0.05) is 17.4 Å². The second-order valence-corrected chi connectivity index (χ2v) is 9.63. The zero-order valence-electron chi connectivity index (χ0n) is 17.1. The normalized spacial score (nSPS) is 14.7. The van der Waals surface area contributed by atoms with E-state index in [-0.39, 0.29) is 10.6 Å². The van der Waals surface area contributed by atoms with Crippen molar-refractivity contribution in [2.45, 2.75) is 4.90 Å². The number of benzene rings is 2. The largest absolute Gasteiger partial charge is 0.495 e. The zero-order chi connectivity index (χ0) is 22.7. The first kappa shape index (κ1) is 22.1. The predicted molar refractivity (Wildman–Crippen MR) is 123 cm³/mol. The van der Waals surface area contributed by atoms with Gasteiger partial charge in [0.15, 0.2) is 5.13 Å². The van der Waals surface area contributed by atoms with Crippen LogP contribution in [0.3, 0.4) is 0 Å². The lowest BCUT2D eigenvalue weighted by Gasteiger charge is -2.25.